The third kappa shape index (κ3) is 3.36. The van der Waals surface area contributed by atoms with Crippen LogP contribution in [0.3, 0.4) is 0 Å². The molecule has 4 heteroatoms. The molecule has 0 aromatic heterocycles. The lowest BCUT2D eigenvalue weighted by Gasteiger charge is -2.26. The first-order chi connectivity index (χ1) is 7.57. The van der Waals surface area contributed by atoms with Crippen LogP contribution in [-0.4, -0.2) is 22.6 Å². The molecule has 0 saturated carbocycles. The van der Waals surface area contributed by atoms with Gasteiger partial charge in [-0.25, -0.2) is 0 Å². The van der Waals surface area contributed by atoms with Gasteiger partial charge >= 0.3 is 0 Å². The standard InChI is InChI=1S/C13H23ClOSi2/c1-10-8-11(16(3,4)5)13(15-2)12(9-10)17(6,7)14/h8-9H,1-7H3. The van der Waals surface area contributed by atoms with E-state index < -0.39 is 15.5 Å². The molecule has 1 nitrogen and oxygen atoms in total. The van der Waals surface area contributed by atoms with Crippen LogP contribution in [-0.2, 0) is 0 Å². The number of hydrogen-bond acceptors (Lipinski definition) is 1. The molecule has 1 aromatic carbocycles. The molecule has 0 aliphatic carbocycles. The highest BCUT2D eigenvalue weighted by atomic mass is 35.6. The van der Waals surface area contributed by atoms with Crippen LogP contribution in [0.1, 0.15) is 5.56 Å². The van der Waals surface area contributed by atoms with E-state index in [2.05, 4.69) is 51.8 Å². The Balaban J connectivity index is 3.58. The molecule has 17 heavy (non-hydrogen) atoms. The lowest BCUT2D eigenvalue weighted by atomic mass is 10.2. The Bertz CT molecular complexity index is 381. The van der Waals surface area contributed by atoms with E-state index in [1.54, 1.807) is 7.11 Å². The molecular formula is C13H23ClOSi2. The first-order valence-electron chi connectivity index (χ1n) is 5.96. The second-order valence-electron chi connectivity index (χ2n) is 6.12. The maximum Gasteiger partial charge on any atom is 0.185 e. The van der Waals surface area contributed by atoms with Crippen molar-refractivity contribution in [2.45, 2.75) is 39.7 Å². The predicted octanol–water partition coefficient (Wildman–Crippen LogP) is 3.20. The molecule has 96 valence electrons. The number of ether oxygens (including phenoxy) is 1. The van der Waals surface area contributed by atoms with Crippen LogP contribution in [0, 0.1) is 6.92 Å². The fourth-order valence-electron chi connectivity index (χ4n) is 1.99. The first kappa shape index (κ1) is 14.8. The van der Waals surface area contributed by atoms with E-state index in [1.165, 1.54) is 15.9 Å². The Morgan fingerprint density at radius 2 is 1.47 bits per heavy atom. The SMILES string of the molecule is COc1c([Si](C)(C)C)cc(C)cc1[Si](C)(C)Cl. The third-order valence-electron chi connectivity index (χ3n) is 2.89. The van der Waals surface area contributed by atoms with E-state index in [0.717, 1.165) is 5.75 Å². The van der Waals surface area contributed by atoms with Crippen molar-refractivity contribution in [3.05, 3.63) is 17.7 Å². The average Bonchev–Trinajstić information content (AvgIpc) is 2.13. The summed E-state index contributed by atoms with van der Waals surface area (Å²) in [5.41, 5.74) is 1.29. The molecular weight excluding hydrogens is 264 g/mol. The van der Waals surface area contributed by atoms with Gasteiger partial charge in [0.25, 0.3) is 0 Å². The highest BCUT2D eigenvalue weighted by Crippen LogP contribution is 2.20. The molecule has 0 fully saturated rings. The number of methoxy groups -OCH3 is 1. The van der Waals surface area contributed by atoms with Gasteiger partial charge < -0.3 is 4.74 Å². The number of aryl methyl sites for hydroxylation is 1. The van der Waals surface area contributed by atoms with Crippen molar-refractivity contribution < 1.29 is 4.74 Å². The lowest BCUT2D eigenvalue weighted by molar-refractivity contribution is 0.421. The molecule has 1 aromatic rings. The van der Waals surface area contributed by atoms with Gasteiger partial charge in [-0.05, 0) is 17.3 Å². The minimum Gasteiger partial charge on any atom is -0.497 e. The Morgan fingerprint density at radius 1 is 1.00 bits per heavy atom. The van der Waals surface area contributed by atoms with Crippen LogP contribution in [0.5, 0.6) is 5.75 Å². The summed E-state index contributed by atoms with van der Waals surface area (Å²) in [5, 5.41) is 2.62. The largest absolute Gasteiger partial charge is 0.497 e. The van der Waals surface area contributed by atoms with Crippen molar-refractivity contribution in [3.63, 3.8) is 0 Å². The highest BCUT2D eigenvalue weighted by molar-refractivity contribution is 7.26. The number of hydrogen-bond donors (Lipinski definition) is 0. The van der Waals surface area contributed by atoms with Gasteiger partial charge in [0.05, 0.1) is 15.2 Å². The Kier molecular flexibility index (Phi) is 4.17. The van der Waals surface area contributed by atoms with E-state index >= 15 is 0 Å². The van der Waals surface area contributed by atoms with Gasteiger partial charge in [0.1, 0.15) is 5.75 Å². The quantitative estimate of drug-likeness (QED) is 0.612. The topological polar surface area (TPSA) is 9.23 Å². The monoisotopic (exact) mass is 286 g/mol. The van der Waals surface area contributed by atoms with Crippen LogP contribution in [0.15, 0.2) is 12.1 Å². The second-order valence-corrected chi connectivity index (χ2v) is 17.5. The molecule has 0 unspecified atom stereocenters. The Labute approximate surface area is 112 Å². The summed E-state index contributed by atoms with van der Waals surface area (Å²) in [5.74, 6) is 1.04. The van der Waals surface area contributed by atoms with Crippen molar-refractivity contribution >= 4 is 36.9 Å². The van der Waals surface area contributed by atoms with Gasteiger partial charge in [0.2, 0.25) is 0 Å². The number of rotatable bonds is 3. The molecule has 0 heterocycles. The van der Waals surface area contributed by atoms with Crippen LogP contribution < -0.4 is 15.1 Å². The van der Waals surface area contributed by atoms with Gasteiger partial charge in [0.15, 0.2) is 7.38 Å². The fourth-order valence-corrected chi connectivity index (χ4v) is 5.46. The van der Waals surface area contributed by atoms with E-state index in [9.17, 15) is 0 Å². The van der Waals surface area contributed by atoms with E-state index in [1.807, 2.05) is 0 Å². The normalized spacial score (nSPS) is 12.7. The minimum absolute atomic E-state index is 1.04. The fraction of sp³-hybridized carbons (Fsp3) is 0.538. The maximum atomic E-state index is 6.61. The zero-order valence-electron chi connectivity index (χ0n) is 11.9. The van der Waals surface area contributed by atoms with E-state index in [4.69, 9.17) is 15.8 Å². The van der Waals surface area contributed by atoms with Crippen molar-refractivity contribution in [3.8, 4) is 5.75 Å². The first-order valence-corrected chi connectivity index (χ1v) is 13.5. The van der Waals surface area contributed by atoms with E-state index in [0.29, 0.717) is 0 Å². The molecule has 1 rings (SSSR count). The summed E-state index contributed by atoms with van der Waals surface area (Å²) in [6.45, 7) is 13.5. The summed E-state index contributed by atoms with van der Waals surface area (Å²) in [7, 11) is -1.51. The Hall–Kier alpha value is -0.256. The third-order valence-corrected chi connectivity index (χ3v) is 7.14. The molecule has 0 saturated heterocycles. The van der Waals surface area contributed by atoms with Crippen molar-refractivity contribution in [2.24, 2.45) is 0 Å². The van der Waals surface area contributed by atoms with Gasteiger partial charge in [-0.2, -0.15) is 11.1 Å². The van der Waals surface area contributed by atoms with E-state index in [-0.39, 0.29) is 0 Å². The van der Waals surface area contributed by atoms with Crippen molar-refractivity contribution in [1.29, 1.82) is 0 Å². The molecule has 0 N–H and O–H groups in total. The van der Waals surface area contributed by atoms with Gasteiger partial charge in [-0.1, -0.05) is 50.4 Å². The number of halogens is 1. The number of benzene rings is 1. The second kappa shape index (κ2) is 4.78. The van der Waals surface area contributed by atoms with Crippen LogP contribution in [0.25, 0.3) is 0 Å². The Morgan fingerprint density at radius 3 is 1.82 bits per heavy atom. The van der Waals surface area contributed by atoms with Gasteiger partial charge in [-0.15, -0.1) is 0 Å². The summed E-state index contributed by atoms with van der Waals surface area (Å²) in [4.78, 5) is 0. The zero-order chi connectivity index (χ0) is 13.4. The molecule has 0 spiro atoms. The summed E-state index contributed by atoms with van der Waals surface area (Å²) in [6, 6.07) is 4.47. The summed E-state index contributed by atoms with van der Waals surface area (Å²) < 4.78 is 5.67. The van der Waals surface area contributed by atoms with Crippen molar-refractivity contribution in [2.75, 3.05) is 7.11 Å². The highest BCUT2D eigenvalue weighted by Gasteiger charge is 2.30. The summed E-state index contributed by atoms with van der Waals surface area (Å²) >= 11 is 6.61. The molecule has 0 aliphatic rings. The zero-order valence-corrected chi connectivity index (χ0v) is 14.7. The maximum absolute atomic E-state index is 6.61. The minimum atomic E-state index is -1.87. The van der Waals surface area contributed by atoms with Crippen LogP contribution >= 0.6 is 11.1 Å². The molecule has 0 aliphatic heterocycles. The molecule has 0 atom stereocenters. The molecule has 0 bridgehead atoms. The predicted molar refractivity (Wildman–Crippen MR) is 83.7 cm³/mol. The van der Waals surface area contributed by atoms with Gasteiger partial charge in [-0.3, -0.25) is 0 Å². The van der Waals surface area contributed by atoms with Gasteiger partial charge in [0, 0.05) is 0 Å². The lowest BCUT2D eigenvalue weighted by Crippen LogP contribution is -2.46. The molecule has 0 amide bonds. The average molecular weight is 287 g/mol. The van der Waals surface area contributed by atoms with Crippen LogP contribution in [0.2, 0.25) is 32.7 Å². The molecule has 0 radical (unpaired) electrons. The van der Waals surface area contributed by atoms with Crippen molar-refractivity contribution in [1.82, 2.24) is 0 Å². The summed E-state index contributed by atoms with van der Waals surface area (Å²) in [6.07, 6.45) is 0. The van der Waals surface area contributed by atoms with Crippen LogP contribution in [0.4, 0.5) is 0 Å². The smallest absolute Gasteiger partial charge is 0.185 e.